The van der Waals surface area contributed by atoms with Crippen molar-refractivity contribution < 1.29 is 70.3 Å². The number of carbonyl (C=O) groups excluding carboxylic acids is 4. The van der Waals surface area contributed by atoms with Gasteiger partial charge in [0.25, 0.3) is 0 Å². The van der Waals surface area contributed by atoms with Crippen LogP contribution in [-0.4, -0.2) is 125 Å². The predicted octanol–water partition coefficient (Wildman–Crippen LogP) is 3.23. The third kappa shape index (κ3) is 18.8. The van der Waals surface area contributed by atoms with Crippen molar-refractivity contribution >= 4 is 75.8 Å². The molecule has 0 spiro atoms. The lowest BCUT2D eigenvalue weighted by atomic mass is 10.0. The van der Waals surface area contributed by atoms with Crippen molar-refractivity contribution in [3.8, 4) is 0 Å². The van der Waals surface area contributed by atoms with E-state index in [2.05, 4.69) is 60.1 Å². The van der Waals surface area contributed by atoms with E-state index in [9.17, 15) is 42.7 Å². The molecule has 10 N–H and O–H groups in total. The van der Waals surface area contributed by atoms with Crippen LogP contribution in [0, 0.1) is 0 Å². The normalized spacial score (nSPS) is 22.4. The first-order valence-corrected chi connectivity index (χ1v) is 27.4. The molecule has 2 aromatic rings. The highest BCUT2D eigenvalue weighted by Gasteiger charge is 2.43. The monoisotopic (exact) mass is 998 g/mol. The maximum atomic E-state index is 12.3. The lowest BCUT2D eigenvalue weighted by molar-refractivity contribution is -0.122. The molecular formula is C36H61N10O15P3S. The number of fused-ring (bicyclic) bond motifs is 2. The highest BCUT2D eigenvalue weighted by Crippen LogP contribution is 2.66. The van der Waals surface area contributed by atoms with E-state index in [0.29, 0.717) is 80.4 Å². The number of rotatable bonds is 31. The molecule has 0 radical (unpaired) electrons. The summed E-state index contributed by atoms with van der Waals surface area (Å²) in [6, 6.07) is 0.338. The number of ether oxygens (including phenoxy) is 1. The van der Waals surface area contributed by atoms with Crippen molar-refractivity contribution in [1.29, 1.82) is 0 Å². The van der Waals surface area contributed by atoms with Crippen molar-refractivity contribution in [2.24, 2.45) is 0 Å². The number of hydrogen-bond acceptors (Lipinski definition) is 16. The Morgan fingerprint density at radius 3 is 2.05 bits per heavy atom. The zero-order valence-electron chi connectivity index (χ0n) is 35.9. The van der Waals surface area contributed by atoms with E-state index in [0.717, 1.165) is 76.4 Å². The van der Waals surface area contributed by atoms with Gasteiger partial charge in [0, 0.05) is 56.4 Å². The van der Waals surface area contributed by atoms with Crippen LogP contribution in [0.4, 0.5) is 10.6 Å². The minimum absolute atomic E-state index is 0.00942. The number of nitrogens with one attached hydrogen (secondary N) is 6. The smallest absolute Gasteiger partial charge is 0.369 e. The van der Waals surface area contributed by atoms with Gasteiger partial charge >= 0.3 is 29.5 Å². The van der Waals surface area contributed by atoms with Crippen molar-refractivity contribution in [3.63, 3.8) is 0 Å². The maximum absolute atomic E-state index is 12.3. The van der Waals surface area contributed by atoms with Gasteiger partial charge in [-0.15, -0.1) is 0 Å². The zero-order chi connectivity index (χ0) is 46.9. The molecule has 7 atom stereocenters. The Labute approximate surface area is 380 Å². The molecule has 3 unspecified atom stereocenters. The van der Waals surface area contributed by atoms with E-state index in [4.69, 9.17) is 14.5 Å². The molecule has 3 fully saturated rings. The quantitative estimate of drug-likeness (QED) is 0.0294. The zero-order valence-corrected chi connectivity index (χ0v) is 39.4. The minimum atomic E-state index is -5.63. The Morgan fingerprint density at radius 1 is 0.785 bits per heavy atom. The van der Waals surface area contributed by atoms with Crippen molar-refractivity contribution in [1.82, 2.24) is 46.3 Å². The van der Waals surface area contributed by atoms with E-state index in [1.807, 2.05) is 11.8 Å². The Morgan fingerprint density at radius 2 is 1.40 bits per heavy atom. The first kappa shape index (κ1) is 52.7. The molecule has 0 aliphatic carbocycles. The summed E-state index contributed by atoms with van der Waals surface area (Å²) in [5.41, 5.74) is 0.456. The molecular weight excluding hydrogens is 937 g/mol. The van der Waals surface area contributed by atoms with Crippen LogP contribution in [0.15, 0.2) is 12.5 Å². The largest absolute Gasteiger partial charge is 0.490 e. The van der Waals surface area contributed by atoms with E-state index in [-0.39, 0.29) is 35.8 Å². The van der Waals surface area contributed by atoms with E-state index < -0.39 is 42.4 Å². The summed E-state index contributed by atoms with van der Waals surface area (Å²) in [4.78, 5) is 93.2. The van der Waals surface area contributed by atoms with Gasteiger partial charge in [-0.1, -0.05) is 19.3 Å². The van der Waals surface area contributed by atoms with Gasteiger partial charge in [-0.3, -0.25) is 18.9 Å². The fraction of sp³-hybridized carbons (Fsp3) is 0.750. The number of urea groups is 1. The van der Waals surface area contributed by atoms with Gasteiger partial charge in [0.1, 0.15) is 12.1 Å². The Balaban J connectivity index is 0.820. The van der Waals surface area contributed by atoms with Crippen LogP contribution in [0.5, 0.6) is 0 Å². The highest BCUT2D eigenvalue weighted by molar-refractivity contribution is 8.00. The molecule has 3 saturated heterocycles. The van der Waals surface area contributed by atoms with Gasteiger partial charge in [-0.2, -0.15) is 25.5 Å². The van der Waals surface area contributed by atoms with E-state index in [1.165, 1.54) is 11.0 Å². The highest BCUT2D eigenvalue weighted by atomic mass is 32.2. The molecule has 5 heterocycles. The number of carbonyl (C=O) groups is 4. The molecule has 25 nitrogen and oxygen atoms in total. The number of thioether (sulfide) groups is 1. The molecule has 5 rings (SSSR count). The molecule has 0 bridgehead atoms. The molecule has 0 aromatic carbocycles. The number of nitrogens with zero attached hydrogens (tertiary/aromatic N) is 4. The van der Waals surface area contributed by atoms with Crippen LogP contribution >= 0.6 is 35.2 Å². The number of phosphoric ester groups is 1. The summed E-state index contributed by atoms with van der Waals surface area (Å²) in [6.07, 6.45) is 12.6. The summed E-state index contributed by atoms with van der Waals surface area (Å²) in [6.45, 7) is 1.68. The summed E-state index contributed by atoms with van der Waals surface area (Å²) >= 11 is 1.88. The van der Waals surface area contributed by atoms with Crippen molar-refractivity contribution in [2.45, 2.75) is 132 Å². The first-order valence-electron chi connectivity index (χ1n) is 21.8. The molecule has 5 amide bonds. The molecule has 65 heavy (non-hydrogen) atoms. The summed E-state index contributed by atoms with van der Waals surface area (Å²) in [5, 5.41) is 23.4. The molecule has 366 valence electrons. The van der Waals surface area contributed by atoms with Crippen LogP contribution in [0.3, 0.4) is 0 Å². The topological polar surface area (TPSA) is 353 Å². The number of amides is 5. The van der Waals surface area contributed by atoms with Crippen LogP contribution in [0.1, 0.15) is 109 Å². The SMILES string of the molecule is O=C(CCCCCNC(=O)CCCCC1SC[C@@H]2NC(=O)N[C@H]12)NCCCCCC(=O)NCCCCNc1ncnc2c1cnn2[C@H]1CC[C@@H](COP(=O)(O)OP(=O)(O)OP(=O)(O)O)O1. The summed E-state index contributed by atoms with van der Waals surface area (Å²) < 4.78 is 53.9. The average Bonchev–Trinajstić information content (AvgIpc) is 4.03. The van der Waals surface area contributed by atoms with Gasteiger partial charge in [0.15, 0.2) is 11.9 Å². The standard InChI is InChI=1S/C36H61N10O15P3S/c47-29(12-3-1-8-18-38-31(49)14-6-5-11-28-33-27(23-65-28)44-36(50)45-33)37-17-7-2-4-13-30(48)39-19-9-10-20-40-34-26-21-43-46(35(26)42-24-41-34)32-16-15-25(59-32)22-58-63(54,55)61-64(56,57)60-62(51,52)53/h21,24-25,27-28,32-33H,1-20,22-23H2,(H,37,47)(H,38,49)(H,39,48)(H,54,55)(H,56,57)(H,40,41,42)(H2,44,45,50)(H2,51,52,53)/t25-,27-,28?,32+,33-/m0/s1. The lowest BCUT2D eigenvalue weighted by Crippen LogP contribution is -2.36. The van der Waals surface area contributed by atoms with Gasteiger partial charge in [0.05, 0.1) is 36.4 Å². The number of hydrogen-bond donors (Lipinski definition) is 10. The Bertz CT molecular complexity index is 2050. The van der Waals surface area contributed by atoms with Gasteiger partial charge in [-0.05, 0) is 64.2 Å². The minimum Gasteiger partial charge on any atom is -0.369 e. The third-order valence-corrected chi connectivity index (χ3v) is 16.0. The molecule has 3 aliphatic rings. The lowest BCUT2D eigenvalue weighted by Gasteiger charge is -2.18. The predicted molar refractivity (Wildman–Crippen MR) is 236 cm³/mol. The maximum Gasteiger partial charge on any atom is 0.490 e. The van der Waals surface area contributed by atoms with Gasteiger partial charge in [0.2, 0.25) is 17.7 Å². The fourth-order valence-electron chi connectivity index (χ4n) is 7.54. The number of phosphoric acid groups is 3. The van der Waals surface area contributed by atoms with Crippen LogP contribution in [-0.2, 0) is 46.0 Å². The summed E-state index contributed by atoms with van der Waals surface area (Å²) in [7, 11) is -16.4. The second-order valence-electron chi connectivity index (χ2n) is 15.9. The number of anilines is 1. The molecule has 2 aromatic heterocycles. The number of unbranched alkanes of at least 4 members (excludes halogenated alkanes) is 6. The number of aromatic nitrogens is 4. The third-order valence-electron chi connectivity index (χ3n) is 10.7. The van der Waals surface area contributed by atoms with E-state index >= 15 is 0 Å². The van der Waals surface area contributed by atoms with Gasteiger partial charge in [-0.25, -0.2) is 33.1 Å². The van der Waals surface area contributed by atoms with Crippen molar-refractivity contribution in [3.05, 3.63) is 12.5 Å². The second kappa shape index (κ2) is 25.8. The molecule has 0 saturated carbocycles. The van der Waals surface area contributed by atoms with Crippen LogP contribution in [0.2, 0.25) is 0 Å². The van der Waals surface area contributed by atoms with Gasteiger partial charge < -0.3 is 56.2 Å². The Hall–Kier alpha value is -3.25. The van der Waals surface area contributed by atoms with Crippen LogP contribution < -0.4 is 31.9 Å². The molecule has 3 aliphatic heterocycles. The first-order chi connectivity index (χ1) is 31.0. The van der Waals surface area contributed by atoms with Crippen molar-refractivity contribution in [2.75, 3.05) is 43.9 Å². The fourth-order valence-corrected chi connectivity index (χ4v) is 12.1. The summed E-state index contributed by atoms with van der Waals surface area (Å²) in [5.74, 6) is 1.52. The van der Waals surface area contributed by atoms with Crippen LogP contribution in [0.25, 0.3) is 11.0 Å². The molecule has 29 heteroatoms. The van der Waals surface area contributed by atoms with E-state index in [1.54, 1.807) is 6.20 Å². The second-order valence-corrected chi connectivity index (χ2v) is 21.6. The average molecular weight is 999 g/mol. The Kier molecular flexibility index (Phi) is 20.9.